The molecule has 3 heterocycles. The van der Waals surface area contributed by atoms with Crippen LogP contribution in [-0.4, -0.2) is 65.9 Å². The molecule has 0 radical (unpaired) electrons. The second kappa shape index (κ2) is 11.9. The van der Waals surface area contributed by atoms with Crippen molar-refractivity contribution in [3.63, 3.8) is 0 Å². The first-order valence-electron chi connectivity index (χ1n) is 12.7. The quantitative estimate of drug-likeness (QED) is 0.165. The maximum absolute atomic E-state index is 15.0. The topological polar surface area (TPSA) is 88.9 Å². The molecule has 1 saturated heterocycles. The summed E-state index contributed by atoms with van der Waals surface area (Å²) in [5.41, 5.74) is 0.179. The van der Waals surface area contributed by atoms with E-state index in [1.807, 2.05) is 0 Å². The fourth-order valence-electron chi connectivity index (χ4n) is 4.26. The summed E-state index contributed by atoms with van der Waals surface area (Å²) >= 11 is 6.42. The fraction of sp³-hybridized carbons (Fsp3) is 0.462. The predicted octanol–water partition coefficient (Wildman–Crippen LogP) is 6.55. The van der Waals surface area contributed by atoms with Gasteiger partial charge in [0.15, 0.2) is 17.4 Å². The second-order valence-electron chi connectivity index (χ2n) is 10.9. The van der Waals surface area contributed by atoms with Crippen molar-refractivity contribution in [3.05, 3.63) is 47.2 Å². The third-order valence-corrected chi connectivity index (χ3v) is 8.61. The van der Waals surface area contributed by atoms with Crippen molar-refractivity contribution in [2.45, 2.75) is 44.8 Å². The van der Waals surface area contributed by atoms with E-state index in [0.717, 1.165) is 23.1 Å². The Kier molecular flexibility index (Phi) is 8.98. The lowest BCUT2D eigenvalue weighted by Gasteiger charge is -2.37. The monoisotopic (exact) mass is 602 g/mol. The number of hydrogen-bond donors (Lipinski definition) is 2. The van der Waals surface area contributed by atoms with Crippen molar-refractivity contribution in [2.24, 2.45) is 5.92 Å². The molecule has 218 valence electrons. The Morgan fingerprint density at radius 2 is 1.98 bits per heavy atom. The molecule has 0 aliphatic carbocycles. The number of aromatic nitrogens is 2. The van der Waals surface area contributed by atoms with Crippen molar-refractivity contribution in [3.8, 4) is 11.5 Å². The van der Waals surface area contributed by atoms with Crippen molar-refractivity contribution in [1.82, 2.24) is 14.5 Å². The second-order valence-corrected chi connectivity index (χ2v) is 17.0. The first-order valence-corrected chi connectivity index (χ1v) is 16.8. The molecule has 1 aliphatic rings. The molecular weight excluding hydrogens is 572 g/mol. The molecule has 1 unspecified atom stereocenters. The number of likely N-dealkylation sites (tertiary alicyclic amines) is 1. The van der Waals surface area contributed by atoms with E-state index in [1.165, 1.54) is 12.3 Å². The lowest BCUT2D eigenvalue weighted by Crippen LogP contribution is -2.51. The van der Waals surface area contributed by atoms with Crippen LogP contribution in [0.2, 0.25) is 30.7 Å². The molecular formula is C26H31ClF4N4O4Si. The van der Waals surface area contributed by atoms with Crippen LogP contribution in [0.4, 0.5) is 28.0 Å². The molecule has 0 saturated carbocycles. The van der Waals surface area contributed by atoms with Crippen LogP contribution in [-0.2, 0) is 11.5 Å². The minimum Gasteiger partial charge on any atom is -0.450 e. The zero-order valence-electron chi connectivity index (χ0n) is 22.3. The van der Waals surface area contributed by atoms with Gasteiger partial charge in [-0.25, -0.2) is 27.3 Å². The Bertz CT molecular complexity index is 1360. The molecule has 1 aliphatic heterocycles. The Morgan fingerprint density at radius 3 is 2.62 bits per heavy atom. The van der Waals surface area contributed by atoms with E-state index in [0.29, 0.717) is 17.6 Å². The number of amides is 2. The number of pyridine rings is 1. The Morgan fingerprint density at radius 1 is 1.27 bits per heavy atom. The molecule has 4 rings (SSSR count). The highest BCUT2D eigenvalue weighted by Crippen LogP contribution is 2.38. The summed E-state index contributed by atoms with van der Waals surface area (Å²) in [6.07, 6.45) is 2.39. The van der Waals surface area contributed by atoms with E-state index in [2.05, 4.69) is 29.9 Å². The Balaban J connectivity index is 1.48. The van der Waals surface area contributed by atoms with Gasteiger partial charge in [-0.15, -0.1) is 0 Å². The number of benzene rings is 1. The van der Waals surface area contributed by atoms with Crippen LogP contribution >= 0.6 is 11.6 Å². The number of piperidine rings is 1. The van der Waals surface area contributed by atoms with Crippen LogP contribution in [0.1, 0.15) is 6.42 Å². The number of aliphatic hydroxyl groups excluding tert-OH is 1. The highest BCUT2D eigenvalue weighted by Gasteiger charge is 2.44. The highest BCUT2D eigenvalue weighted by atomic mass is 35.5. The van der Waals surface area contributed by atoms with Crippen molar-refractivity contribution < 1.29 is 36.9 Å². The summed E-state index contributed by atoms with van der Waals surface area (Å²) in [5.74, 6) is -7.40. The van der Waals surface area contributed by atoms with E-state index in [-0.39, 0.29) is 29.7 Å². The molecule has 1 fully saturated rings. The summed E-state index contributed by atoms with van der Waals surface area (Å²) in [6.45, 7) is 6.03. The van der Waals surface area contributed by atoms with Crippen molar-refractivity contribution in [1.29, 1.82) is 0 Å². The van der Waals surface area contributed by atoms with Crippen LogP contribution in [0.25, 0.3) is 11.0 Å². The number of anilines is 1. The zero-order valence-corrected chi connectivity index (χ0v) is 24.1. The summed E-state index contributed by atoms with van der Waals surface area (Å²) in [6, 6.07) is 3.29. The molecule has 0 spiro atoms. The van der Waals surface area contributed by atoms with Crippen LogP contribution < -0.4 is 10.1 Å². The van der Waals surface area contributed by atoms with Crippen LogP contribution in [0.15, 0.2) is 30.6 Å². The number of nitrogens with one attached hydrogen (secondary N) is 1. The van der Waals surface area contributed by atoms with Gasteiger partial charge in [-0.3, -0.25) is 0 Å². The number of halogens is 5. The number of urea groups is 1. The van der Waals surface area contributed by atoms with Crippen molar-refractivity contribution in [2.75, 3.05) is 31.6 Å². The van der Waals surface area contributed by atoms with Gasteiger partial charge in [0.2, 0.25) is 0 Å². The molecule has 2 N–H and O–H groups in total. The summed E-state index contributed by atoms with van der Waals surface area (Å²) in [5, 5.41) is 12.1. The average molecular weight is 603 g/mol. The van der Waals surface area contributed by atoms with Gasteiger partial charge >= 0.3 is 6.03 Å². The molecule has 14 heteroatoms. The van der Waals surface area contributed by atoms with E-state index >= 15 is 0 Å². The zero-order chi connectivity index (χ0) is 29.2. The van der Waals surface area contributed by atoms with Crippen LogP contribution in [0.3, 0.4) is 0 Å². The van der Waals surface area contributed by atoms with Gasteiger partial charge in [-0.05, 0) is 12.1 Å². The number of fused-ring (bicyclic) bond motifs is 1. The number of hydrogen-bond acceptors (Lipinski definition) is 5. The largest absolute Gasteiger partial charge is 0.450 e. The minimum atomic E-state index is -3.11. The SMILES string of the molecule is C[Si](C)(C)CCOCn1cc(Cl)c2c(Oc3c(F)cc(NC(=O)N4CCC(F)(F)C(CO)C4)cc3F)ccnc21. The lowest BCUT2D eigenvalue weighted by atomic mass is 9.94. The molecule has 2 aromatic heterocycles. The smallest absolute Gasteiger partial charge is 0.321 e. The first kappa shape index (κ1) is 30.1. The molecule has 2 amide bonds. The van der Waals surface area contributed by atoms with Gasteiger partial charge in [0, 0.05) is 64.4 Å². The molecule has 8 nitrogen and oxygen atoms in total. The van der Waals surface area contributed by atoms with E-state index < -0.39 is 62.9 Å². The highest BCUT2D eigenvalue weighted by molar-refractivity contribution is 6.76. The average Bonchev–Trinajstić information content (AvgIpc) is 3.19. The lowest BCUT2D eigenvalue weighted by molar-refractivity contribution is -0.111. The Labute approximate surface area is 234 Å². The van der Waals surface area contributed by atoms with Gasteiger partial charge in [-0.1, -0.05) is 31.2 Å². The molecule has 40 heavy (non-hydrogen) atoms. The predicted molar refractivity (Wildman–Crippen MR) is 146 cm³/mol. The summed E-state index contributed by atoms with van der Waals surface area (Å²) in [7, 11) is -1.27. The van der Waals surface area contributed by atoms with Gasteiger partial charge in [0.25, 0.3) is 5.92 Å². The summed E-state index contributed by atoms with van der Waals surface area (Å²) < 4.78 is 70.7. The minimum absolute atomic E-state index is 0.0646. The molecule has 1 atom stereocenters. The molecule has 1 aromatic carbocycles. The third-order valence-electron chi connectivity index (χ3n) is 6.62. The molecule has 0 bridgehead atoms. The van der Waals surface area contributed by atoms with Gasteiger partial charge in [-0.2, -0.15) is 0 Å². The van der Waals surface area contributed by atoms with Crippen LogP contribution in [0.5, 0.6) is 11.5 Å². The number of aliphatic hydroxyl groups is 1. The fourth-order valence-corrected chi connectivity index (χ4v) is 5.31. The van der Waals surface area contributed by atoms with E-state index in [4.69, 9.17) is 21.1 Å². The van der Waals surface area contributed by atoms with Crippen LogP contribution in [0, 0.1) is 17.6 Å². The van der Waals surface area contributed by atoms with Gasteiger partial charge in [0.1, 0.15) is 18.1 Å². The van der Waals surface area contributed by atoms with Crippen molar-refractivity contribution >= 4 is 42.4 Å². The van der Waals surface area contributed by atoms with Gasteiger partial charge < -0.3 is 29.4 Å². The number of nitrogens with zero attached hydrogens (tertiary/aromatic N) is 3. The van der Waals surface area contributed by atoms with Gasteiger partial charge in [0.05, 0.1) is 22.9 Å². The maximum atomic E-state index is 15.0. The Hall–Kier alpha value is -2.87. The number of rotatable bonds is 9. The standard InChI is InChI=1S/C26H31ClF4N4O4Si/c1-40(2,3)9-8-38-15-35-13-18(27)22-21(4-6-32-24(22)35)39-23-19(28)10-17(11-20(23)29)33-25(37)34-7-5-26(30,31)16(12-34)14-36/h4,6,10-11,13,16,36H,5,7-9,12,14-15H2,1-3H3,(H,33,37). The number of carbonyl (C=O) groups is 1. The maximum Gasteiger partial charge on any atom is 0.321 e. The third kappa shape index (κ3) is 6.88. The summed E-state index contributed by atoms with van der Waals surface area (Å²) in [4.78, 5) is 17.9. The number of alkyl halides is 2. The van der Waals surface area contributed by atoms with E-state index in [1.54, 1.807) is 10.8 Å². The normalized spacial score (nSPS) is 17.3. The number of ether oxygens (including phenoxy) is 2. The first-order chi connectivity index (χ1) is 18.8. The number of carbonyl (C=O) groups excluding carboxylic acids is 1. The van der Waals surface area contributed by atoms with E-state index in [9.17, 15) is 27.5 Å². The molecule has 3 aromatic rings.